The Morgan fingerprint density at radius 3 is 3.00 bits per heavy atom. The predicted molar refractivity (Wildman–Crippen MR) is 102 cm³/mol. The van der Waals surface area contributed by atoms with E-state index in [-0.39, 0.29) is 6.04 Å². The van der Waals surface area contributed by atoms with Crippen LogP contribution in [0.3, 0.4) is 0 Å². The molecule has 134 valence electrons. The highest BCUT2D eigenvalue weighted by molar-refractivity contribution is 5.83. The second-order valence-electron chi connectivity index (χ2n) is 6.52. The van der Waals surface area contributed by atoms with E-state index in [0.717, 1.165) is 41.7 Å². The van der Waals surface area contributed by atoms with Gasteiger partial charge in [0.25, 0.3) is 0 Å². The summed E-state index contributed by atoms with van der Waals surface area (Å²) in [7, 11) is 0. The number of nitrogens with zero attached hydrogens (tertiary/aromatic N) is 2. The quantitative estimate of drug-likeness (QED) is 0.796. The van der Waals surface area contributed by atoms with Gasteiger partial charge in [0.1, 0.15) is 6.17 Å². The molecular weight excluding hydrogens is 327 g/mol. The van der Waals surface area contributed by atoms with Gasteiger partial charge in [0.15, 0.2) is 0 Å². The molecule has 4 nitrogen and oxygen atoms in total. The predicted octanol–water partition coefficient (Wildman–Crippen LogP) is 4.46. The summed E-state index contributed by atoms with van der Waals surface area (Å²) in [6.45, 7) is 6.00. The van der Waals surface area contributed by atoms with Crippen LogP contribution >= 0.6 is 0 Å². The molecule has 0 bridgehead atoms. The molecule has 1 aliphatic carbocycles. The molecule has 26 heavy (non-hydrogen) atoms. The number of hydrogen-bond acceptors (Lipinski definition) is 3. The van der Waals surface area contributed by atoms with Crippen LogP contribution in [0, 0.1) is 17.2 Å². The average molecular weight is 350 g/mol. The summed E-state index contributed by atoms with van der Waals surface area (Å²) in [6, 6.07) is 1.96. The number of aromatic amines is 1. The molecule has 5 heteroatoms. The van der Waals surface area contributed by atoms with E-state index in [0.29, 0.717) is 0 Å². The number of allylic oxidation sites excluding steroid dienone is 4. The Morgan fingerprint density at radius 2 is 2.27 bits per heavy atom. The van der Waals surface area contributed by atoms with E-state index in [2.05, 4.69) is 35.1 Å². The van der Waals surface area contributed by atoms with Crippen LogP contribution in [0.1, 0.15) is 37.4 Å². The molecule has 0 saturated carbocycles. The van der Waals surface area contributed by atoms with E-state index >= 15 is 0 Å². The van der Waals surface area contributed by atoms with E-state index < -0.39 is 12.1 Å². The molecule has 0 spiro atoms. The van der Waals surface area contributed by atoms with Gasteiger partial charge in [-0.3, -0.25) is 5.10 Å². The molecule has 3 atom stereocenters. The van der Waals surface area contributed by atoms with E-state index in [4.69, 9.17) is 5.26 Å². The van der Waals surface area contributed by atoms with E-state index in [1.54, 1.807) is 18.2 Å². The SMILES string of the molecule is C=Cc1[nH]ncc1C1=CNC(C2=CC(C#N)C(F)C=C2)C=C1CCCC. The number of dihydropyridines is 1. The lowest BCUT2D eigenvalue weighted by Gasteiger charge is -2.27. The third-order valence-corrected chi connectivity index (χ3v) is 4.78. The van der Waals surface area contributed by atoms with Crippen LogP contribution in [0.25, 0.3) is 11.6 Å². The van der Waals surface area contributed by atoms with Crippen LogP contribution in [0.4, 0.5) is 4.39 Å². The Bertz CT molecular complexity index is 834. The molecular formula is C21H23FN4. The molecule has 3 unspecified atom stereocenters. The van der Waals surface area contributed by atoms with Crippen molar-refractivity contribution in [1.82, 2.24) is 15.5 Å². The van der Waals surface area contributed by atoms with Gasteiger partial charge in [-0.05, 0) is 36.1 Å². The molecule has 0 saturated heterocycles. The Labute approximate surface area is 153 Å². The highest BCUT2D eigenvalue weighted by Crippen LogP contribution is 2.33. The Kier molecular flexibility index (Phi) is 5.52. The lowest BCUT2D eigenvalue weighted by Crippen LogP contribution is -2.30. The van der Waals surface area contributed by atoms with Gasteiger partial charge in [-0.2, -0.15) is 10.4 Å². The maximum atomic E-state index is 13.7. The number of unbranched alkanes of at least 4 members (excludes halogenated alkanes) is 1. The zero-order valence-corrected chi connectivity index (χ0v) is 14.9. The second kappa shape index (κ2) is 8.01. The molecule has 0 fully saturated rings. The number of nitrogens with one attached hydrogen (secondary N) is 2. The fraction of sp³-hybridized carbons (Fsp3) is 0.333. The van der Waals surface area contributed by atoms with Crippen LogP contribution in [0.15, 0.2) is 54.4 Å². The monoisotopic (exact) mass is 350 g/mol. The average Bonchev–Trinajstić information content (AvgIpc) is 3.15. The van der Waals surface area contributed by atoms with Crippen molar-refractivity contribution in [3.05, 3.63) is 65.7 Å². The van der Waals surface area contributed by atoms with Crippen molar-refractivity contribution < 1.29 is 4.39 Å². The zero-order valence-electron chi connectivity index (χ0n) is 14.9. The van der Waals surface area contributed by atoms with Crippen molar-refractivity contribution in [2.24, 2.45) is 5.92 Å². The maximum absolute atomic E-state index is 13.7. The summed E-state index contributed by atoms with van der Waals surface area (Å²) in [5.74, 6) is -0.726. The van der Waals surface area contributed by atoms with Crippen molar-refractivity contribution in [1.29, 1.82) is 5.26 Å². The fourth-order valence-corrected chi connectivity index (χ4v) is 3.29. The molecule has 1 aliphatic heterocycles. The minimum Gasteiger partial charge on any atom is -0.380 e. The van der Waals surface area contributed by atoms with Crippen molar-refractivity contribution in [2.45, 2.75) is 38.4 Å². The molecule has 0 radical (unpaired) electrons. The normalized spacial score (nSPS) is 24.8. The zero-order chi connectivity index (χ0) is 18.5. The molecule has 2 N–H and O–H groups in total. The summed E-state index contributed by atoms with van der Waals surface area (Å²) in [5, 5.41) is 19.6. The number of hydrogen-bond donors (Lipinski definition) is 2. The van der Waals surface area contributed by atoms with Gasteiger partial charge in [0, 0.05) is 17.3 Å². The van der Waals surface area contributed by atoms with Gasteiger partial charge in [-0.25, -0.2) is 4.39 Å². The maximum Gasteiger partial charge on any atom is 0.138 e. The molecule has 2 aliphatic rings. The van der Waals surface area contributed by atoms with Crippen LogP contribution in [-0.4, -0.2) is 22.4 Å². The second-order valence-corrected chi connectivity index (χ2v) is 6.52. The van der Waals surface area contributed by atoms with E-state index in [9.17, 15) is 4.39 Å². The topological polar surface area (TPSA) is 64.5 Å². The van der Waals surface area contributed by atoms with Gasteiger partial charge in [0.05, 0.1) is 29.9 Å². The first-order valence-corrected chi connectivity index (χ1v) is 8.95. The summed E-state index contributed by atoms with van der Waals surface area (Å²) in [5.41, 5.74) is 5.15. The minimum absolute atomic E-state index is 0.0655. The number of alkyl halides is 1. The Hall–Kier alpha value is -2.87. The van der Waals surface area contributed by atoms with Crippen LogP contribution < -0.4 is 5.32 Å². The summed E-state index contributed by atoms with van der Waals surface area (Å²) >= 11 is 0. The van der Waals surface area contributed by atoms with Crippen LogP contribution in [0.5, 0.6) is 0 Å². The number of H-pyrrole nitrogens is 1. The van der Waals surface area contributed by atoms with Gasteiger partial charge in [-0.1, -0.05) is 38.2 Å². The molecule has 2 heterocycles. The smallest absolute Gasteiger partial charge is 0.138 e. The molecule has 1 aromatic rings. The Balaban J connectivity index is 1.91. The van der Waals surface area contributed by atoms with Gasteiger partial charge in [0.2, 0.25) is 0 Å². The third-order valence-electron chi connectivity index (χ3n) is 4.78. The number of nitriles is 1. The van der Waals surface area contributed by atoms with Crippen molar-refractivity contribution in [2.75, 3.05) is 0 Å². The van der Waals surface area contributed by atoms with Crippen molar-refractivity contribution in [3.8, 4) is 6.07 Å². The van der Waals surface area contributed by atoms with E-state index in [1.807, 2.05) is 18.5 Å². The molecule has 0 aromatic carbocycles. The van der Waals surface area contributed by atoms with Crippen LogP contribution in [0.2, 0.25) is 0 Å². The van der Waals surface area contributed by atoms with Crippen LogP contribution in [-0.2, 0) is 0 Å². The largest absolute Gasteiger partial charge is 0.380 e. The number of halogens is 1. The van der Waals surface area contributed by atoms with Gasteiger partial charge >= 0.3 is 0 Å². The minimum atomic E-state index is -1.23. The first-order chi connectivity index (χ1) is 12.7. The highest BCUT2D eigenvalue weighted by atomic mass is 19.1. The van der Waals surface area contributed by atoms with Crippen molar-refractivity contribution >= 4 is 11.6 Å². The Morgan fingerprint density at radius 1 is 1.42 bits per heavy atom. The molecule has 0 amide bonds. The lowest BCUT2D eigenvalue weighted by molar-refractivity contribution is 0.356. The highest BCUT2D eigenvalue weighted by Gasteiger charge is 2.25. The fourth-order valence-electron chi connectivity index (χ4n) is 3.29. The molecule has 3 rings (SSSR count). The lowest BCUT2D eigenvalue weighted by atomic mass is 9.86. The first kappa shape index (κ1) is 17.9. The molecule has 1 aromatic heterocycles. The van der Waals surface area contributed by atoms with Gasteiger partial charge < -0.3 is 5.32 Å². The summed E-state index contributed by atoms with van der Waals surface area (Å²) < 4.78 is 13.7. The number of rotatable bonds is 6. The first-order valence-electron chi connectivity index (χ1n) is 8.95. The van der Waals surface area contributed by atoms with Crippen molar-refractivity contribution in [3.63, 3.8) is 0 Å². The van der Waals surface area contributed by atoms with E-state index in [1.165, 1.54) is 11.6 Å². The van der Waals surface area contributed by atoms with Gasteiger partial charge in [-0.15, -0.1) is 0 Å². The number of aromatic nitrogens is 2. The summed E-state index contributed by atoms with van der Waals surface area (Å²) in [4.78, 5) is 0. The third kappa shape index (κ3) is 3.55. The standard InChI is InChI=1S/C21H23FN4/c1-3-5-6-14-10-21(15-7-8-19(22)16(9-15)11-23)24-12-17(14)18-13-25-26-20(18)4-2/h4,7-10,12-13,16,19,21,24H,2-3,5-6H2,1H3,(H,25,26). The summed E-state index contributed by atoms with van der Waals surface area (Å²) in [6.07, 6.45) is 14.6.